The third-order valence-corrected chi connectivity index (χ3v) is 4.77. The van der Waals surface area contributed by atoms with Gasteiger partial charge in [-0.05, 0) is 56.5 Å². The number of amides is 1. The van der Waals surface area contributed by atoms with Crippen LogP contribution in [0.4, 0.5) is 5.69 Å². The number of benzene rings is 1. The number of aromatic nitrogens is 1. The number of carbonyl (C=O) groups is 4. The summed E-state index contributed by atoms with van der Waals surface area (Å²) in [6.07, 6.45) is 0.901. The van der Waals surface area contributed by atoms with Crippen molar-refractivity contribution in [1.29, 1.82) is 0 Å². The molecule has 0 saturated heterocycles. The number of hydrogen-bond acceptors (Lipinski definition) is 6. The lowest BCUT2D eigenvalue weighted by atomic mass is 10.0. The van der Waals surface area contributed by atoms with Crippen LogP contribution in [0.3, 0.4) is 0 Å². The second-order valence-corrected chi connectivity index (χ2v) is 6.76. The lowest BCUT2D eigenvalue weighted by Crippen LogP contribution is -2.20. The first-order valence-corrected chi connectivity index (χ1v) is 9.31. The first kappa shape index (κ1) is 20.3. The highest BCUT2D eigenvalue weighted by Crippen LogP contribution is 2.24. The fourth-order valence-corrected chi connectivity index (χ4v) is 3.37. The standard InChI is InChI=1S/C21H22N2O6/c1-4-28-21(27)19-11(2)18(12(3)22-19)16(24)10-29-20(26)14-5-7-15-13(9-14)6-8-17(25)23-15/h5,7,9,22H,4,6,8,10H2,1-3H3,(H,23,25). The number of ketones is 1. The van der Waals surface area contributed by atoms with Crippen molar-refractivity contribution in [1.82, 2.24) is 4.98 Å². The second-order valence-electron chi connectivity index (χ2n) is 6.76. The van der Waals surface area contributed by atoms with Gasteiger partial charge in [0, 0.05) is 23.4 Å². The molecule has 1 aromatic heterocycles. The number of fused-ring (bicyclic) bond motifs is 1. The predicted octanol–water partition coefficient (Wildman–Crippen LogP) is 2.73. The molecule has 0 fully saturated rings. The molecule has 1 amide bonds. The third kappa shape index (κ3) is 4.21. The van der Waals surface area contributed by atoms with Gasteiger partial charge >= 0.3 is 11.9 Å². The number of esters is 2. The molecule has 1 aromatic carbocycles. The molecule has 1 aliphatic heterocycles. The molecule has 0 saturated carbocycles. The molecule has 2 N–H and O–H groups in total. The van der Waals surface area contributed by atoms with Gasteiger partial charge < -0.3 is 19.8 Å². The summed E-state index contributed by atoms with van der Waals surface area (Å²) >= 11 is 0. The van der Waals surface area contributed by atoms with Crippen molar-refractivity contribution in [2.75, 3.05) is 18.5 Å². The van der Waals surface area contributed by atoms with Gasteiger partial charge in [0.1, 0.15) is 5.69 Å². The Hall–Kier alpha value is -3.42. The van der Waals surface area contributed by atoms with Crippen LogP contribution >= 0.6 is 0 Å². The van der Waals surface area contributed by atoms with Crippen molar-refractivity contribution in [3.63, 3.8) is 0 Å². The molecule has 0 unspecified atom stereocenters. The highest BCUT2D eigenvalue weighted by Gasteiger charge is 2.24. The summed E-state index contributed by atoms with van der Waals surface area (Å²) in [4.78, 5) is 51.2. The maximum absolute atomic E-state index is 12.6. The van der Waals surface area contributed by atoms with Crippen LogP contribution < -0.4 is 5.32 Å². The van der Waals surface area contributed by atoms with Crippen LogP contribution in [0.15, 0.2) is 18.2 Å². The number of aryl methyl sites for hydroxylation is 2. The maximum atomic E-state index is 12.6. The molecular weight excluding hydrogens is 376 g/mol. The van der Waals surface area contributed by atoms with Crippen LogP contribution in [0, 0.1) is 13.8 Å². The van der Waals surface area contributed by atoms with Gasteiger partial charge in [-0.25, -0.2) is 9.59 Å². The van der Waals surface area contributed by atoms with Crippen LogP contribution in [0.2, 0.25) is 0 Å². The molecule has 0 spiro atoms. The summed E-state index contributed by atoms with van der Waals surface area (Å²) in [7, 11) is 0. The van der Waals surface area contributed by atoms with Gasteiger partial charge in [0.05, 0.1) is 12.2 Å². The number of rotatable bonds is 6. The molecule has 8 nitrogen and oxygen atoms in total. The van der Waals surface area contributed by atoms with Crippen molar-refractivity contribution in [2.24, 2.45) is 0 Å². The van der Waals surface area contributed by atoms with Crippen LogP contribution in [-0.4, -0.2) is 41.8 Å². The van der Waals surface area contributed by atoms with E-state index >= 15 is 0 Å². The zero-order chi connectivity index (χ0) is 21.1. The van der Waals surface area contributed by atoms with Crippen LogP contribution in [0.1, 0.15) is 61.4 Å². The molecule has 2 heterocycles. The Labute approximate surface area is 167 Å². The molecule has 2 aromatic rings. The van der Waals surface area contributed by atoms with E-state index in [1.165, 1.54) is 0 Å². The molecule has 1 aliphatic rings. The smallest absolute Gasteiger partial charge is 0.355 e. The third-order valence-electron chi connectivity index (χ3n) is 4.77. The number of Topliss-reactive ketones (excluding diaryl/α,β-unsaturated/α-hetero) is 1. The molecular formula is C21H22N2O6. The fourth-order valence-electron chi connectivity index (χ4n) is 3.37. The topological polar surface area (TPSA) is 115 Å². The molecule has 8 heteroatoms. The van der Waals surface area contributed by atoms with Crippen LogP contribution in [-0.2, 0) is 20.7 Å². The largest absolute Gasteiger partial charge is 0.461 e. The number of hydrogen-bond donors (Lipinski definition) is 2. The average Bonchev–Trinajstić information content (AvgIpc) is 2.99. The molecule has 152 valence electrons. The number of carbonyl (C=O) groups excluding carboxylic acids is 4. The fraction of sp³-hybridized carbons (Fsp3) is 0.333. The summed E-state index contributed by atoms with van der Waals surface area (Å²) in [5, 5.41) is 2.74. The summed E-state index contributed by atoms with van der Waals surface area (Å²) in [5.74, 6) is -1.64. The summed E-state index contributed by atoms with van der Waals surface area (Å²) < 4.78 is 10.1. The average molecular weight is 398 g/mol. The quantitative estimate of drug-likeness (QED) is 0.571. The van der Waals surface area contributed by atoms with E-state index in [1.807, 2.05) is 0 Å². The number of nitrogens with one attached hydrogen (secondary N) is 2. The van der Waals surface area contributed by atoms with Crippen molar-refractivity contribution in [3.05, 3.63) is 51.8 Å². The number of anilines is 1. The number of aromatic amines is 1. The van der Waals surface area contributed by atoms with Gasteiger partial charge in [-0.3, -0.25) is 9.59 Å². The van der Waals surface area contributed by atoms with Crippen molar-refractivity contribution >= 4 is 29.3 Å². The minimum absolute atomic E-state index is 0.0575. The van der Waals surface area contributed by atoms with E-state index < -0.39 is 24.3 Å². The van der Waals surface area contributed by atoms with Gasteiger partial charge in [-0.2, -0.15) is 0 Å². The van der Waals surface area contributed by atoms with Crippen molar-refractivity contribution in [3.8, 4) is 0 Å². The maximum Gasteiger partial charge on any atom is 0.355 e. The highest BCUT2D eigenvalue weighted by atomic mass is 16.5. The molecule has 0 bridgehead atoms. The van der Waals surface area contributed by atoms with E-state index in [4.69, 9.17) is 9.47 Å². The minimum atomic E-state index is -0.630. The highest BCUT2D eigenvalue weighted by molar-refractivity contribution is 6.04. The lowest BCUT2D eigenvalue weighted by Gasteiger charge is -2.17. The zero-order valence-corrected chi connectivity index (χ0v) is 16.5. The van der Waals surface area contributed by atoms with E-state index in [1.54, 1.807) is 39.0 Å². The Morgan fingerprint density at radius 3 is 2.55 bits per heavy atom. The van der Waals surface area contributed by atoms with Gasteiger partial charge in [-0.1, -0.05) is 0 Å². The van der Waals surface area contributed by atoms with Crippen molar-refractivity contribution < 1.29 is 28.7 Å². The van der Waals surface area contributed by atoms with Gasteiger partial charge in [0.15, 0.2) is 6.61 Å². The predicted molar refractivity (Wildman–Crippen MR) is 104 cm³/mol. The normalized spacial score (nSPS) is 12.7. The first-order valence-electron chi connectivity index (χ1n) is 9.31. The van der Waals surface area contributed by atoms with E-state index in [2.05, 4.69) is 10.3 Å². The molecule has 0 aliphatic carbocycles. The number of ether oxygens (including phenoxy) is 2. The summed E-state index contributed by atoms with van der Waals surface area (Å²) in [5.41, 5.74) is 3.34. The van der Waals surface area contributed by atoms with E-state index in [9.17, 15) is 19.2 Å². The van der Waals surface area contributed by atoms with Crippen molar-refractivity contribution in [2.45, 2.75) is 33.6 Å². The Balaban J connectivity index is 1.69. The Morgan fingerprint density at radius 1 is 1.07 bits per heavy atom. The monoisotopic (exact) mass is 398 g/mol. The van der Waals surface area contributed by atoms with E-state index in [0.717, 1.165) is 5.56 Å². The summed E-state index contributed by atoms with van der Waals surface area (Å²) in [6.45, 7) is 4.78. The second kappa shape index (κ2) is 8.30. The molecule has 0 atom stereocenters. The van der Waals surface area contributed by atoms with E-state index in [0.29, 0.717) is 40.9 Å². The molecule has 29 heavy (non-hydrogen) atoms. The molecule has 0 radical (unpaired) electrons. The zero-order valence-electron chi connectivity index (χ0n) is 16.5. The summed E-state index contributed by atoms with van der Waals surface area (Å²) in [6, 6.07) is 4.85. The van der Waals surface area contributed by atoms with Crippen LogP contribution in [0.25, 0.3) is 0 Å². The van der Waals surface area contributed by atoms with Gasteiger partial charge in [0.2, 0.25) is 11.7 Å². The first-order chi connectivity index (χ1) is 13.8. The Bertz CT molecular complexity index is 1000. The van der Waals surface area contributed by atoms with E-state index in [-0.39, 0.29) is 18.2 Å². The van der Waals surface area contributed by atoms with Gasteiger partial charge in [-0.15, -0.1) is 0 Å². The van der Waals surface area contributed by atoms with Gasteiger partial charge in [0.25, 0.3) is 0 Å². The Kier molecular flexibility index (Phi) is 5.81. The lowest BCUT2D eigenvalue weighted by molar-refractivity contribution is -0.116. The SMILES string of the molecule is CCOC(=O)c1[nH]c(C)c(C(=O)COC(=O)c2ccc3c(c2)CCC(=O)N3)c1C. The minimum Gasteiger partial charge on any atom is -0.461 e. The van der Waals surface area contributed by atoms with Crippen LogP contribution in [0.5, 0.6) is 0 Å². The number of H-pyrrole nitrogens is 1. The molecule has 3 rings (SSSR count). The Morgan fingerprint density at radius 2 is 1.83 bits per heavy atom.